The molecule has 152 valence electrons. The molecule has 25 heavy (non-hydrogen) atoms. The van der Waals surface area contributed by atoms with Crippen molar-refractivity contribution < 1.29 is 0 Å². The Labute approximate surface area is 165 Å². The Bertz CT molecular complexity index is 242. The van der Waals surface area contributed by atoms with E-state index < -0.39 is 17.6 Å². The van der Waals surface area contributed by atoms with E-state index in [-0.39, 0.29) is 0 Å². The van der Waals surface area contributed by atoms with Gasteiger partial charge in [0.15, 0.2) is 0 Å². The van der Waals surface area contributed by atoms with Gasteiger partial charge in [-0.15, -0.1) is 0 Å². The van der Waals surface area contributed by atoms with E-state index in [0.29, 0.717) is 0 Å². The molecule has 0 aliphatic rings. The Morgan fingerprint density at radius 1 is 0.360 bits per heavy atom. The van der Waals surface area contributed by atoms with Gasteiger partial charge in [0.2, 0.25) is 0 Å². The van der Waals surface area contributed by atoms with Gasteiger partial charge in [-0.2, -0.15) is 0 Å². The monoisotopic (exact) mass is 384 g/mol. The minimum absolute atomic E-state index is 0.403. The Hall–Kier alpha value is 0.434. The van der Waals surface area contributed by atoms with Gasteiger partial charge in [-0.3, -0.25) is 0 Å². The molecule has 0 spiro atoms. The zero-order valence-electron chi connectivity index (χ0n) is 18.6. The van der Waals surface area contributed by atoms with Gasteiger partial charge >= 0.3 is 0 Å². The van der Waals surface area contributed by atoms with E-state index in [9.17, 15) is 0 Å². The van der Waals surface area contributed by atoms with Gasteiger partial charge in [-0.05, 0) is 0 Å². The second kappa shape index (κ2) is 20.7. The van der Waals surface area contributed by atoms with Gasteiger partial charge in [0.25, 0.3) is 0 Å². The Balaban J connectivity index is 4.31. The van der Waals surface area contributed by atoms with Crippen LogP contribution in [0, 0.1) is 0 Å². The first-order chi connectivity index (χ1) is 12.3. The highest BCUT2D eigenvalue weighted by Gasteiger charge is 2.18. The van der Waals surface area contributed by atoms with E-state index >= 15 is 0 Å². The molecule has 0 radical (unpaired) electrons. The van der Waals surface area contributed by atoms with Crippen LogP contribution in [0.1, 0.15) is 118 Å². The molecule has 0 saturated carbocycles. The third-order valence-electron chi connectivity index (χ3n) is 6.03. The maximum Gasteiger partial charge on any atom is 0.0339 e. The van der Waals surface area contributed by atoms with Crippen LogP contribution in [0.2, 0.25) is 29.8 Å². The average Bonchev–Trinajstić information content (AvgIpc) is 2.62. The fraction of sp³-hybridized carbons (Fsp3) is 1.00. The lowest BCUT2D eigenvalue weighted by molar-refractivity contribution is 0.651. The molecular formula is C23H52Si2. The van der Waals surface area contributed by atoms with Crippen molar-refractivity contribution in [1.29, 1.82) is 0 Å². The van der Waals surface area contributed by atoms with Crippen molar-refractivity contribution in [3.63, 3.8) is 0 Å². The molecule has 0 amide bonds. The molecule has 0 bridgehead atoms. The molecule has 0 N–H and O–H groups in total. The zero-order chi connectivity index (χ0) is 18.6. The van der Waals surface area contributed by atoms with Crippen LogP contribution in [-0.2, 0) is 0 Å². The third kappa shape index (κ3) is 17.6. The third-order valence-corrected chi connectivity index (χ3v) is 16.3. The topological polar surface area (TPSA) is 0 Å². The van der Waals surface area contributed by atoms with Crippen molar-refractivity contribution in [3.8, 4) is 0 Å². The number of hydrogen-bond donors (Lipinski definition) is 0. The molecule has 0 aromatic heterocycles. The van der Waals surface area contributed by atoms with Crippen molar-refractivity contribution in [2.75, 3.05) is 0 Å². The van der Waals surface area contributed by atoms with E-state index in [0.717, 1.165) is 0 Å². The maximum absolute atomic E-state index is 2.39. The first-order valence-corrected chi connectivity index (χ1v) is 17.2. The van der Waals surface area contributed by atoms with Gasteiger partial charge in [-0.1, -0.05) is 147 Å². The maximum atomic E-state index is 2.39. The molecular weight excluding hydrogens is 332 g/mol. The first-order valence-electron chi connectivity index (χ1n) is 12.3. The predicted octanol–water partition coefficient (Wildman–Crippen LogP) is 8.52. The summed E-state index contributed by atoms with van der Waals surface area (Å²) < 4.78 is 0. The van der Waals surface area contributed by atoms with Crippen LogP contribution in [-0.4, -0.2) is 17.6 Å². The van der Waals surface area contributed by atoms with Crippen LogP contribution in [0.4, 0.5) is 0 Å². The minimum Gasteiger partial charge on any atom is -0.0664 e. The summed E-state index contributed by atoms with van der Waals surface area (Å²) in [5.41, 5.74) is 1.82. The highest BCUT2D eigenvalue weighted by atomic mass is 28.3. The van der Waals surface area contributed by atoms with Crippen LogP contribution in [0.15, 0.2) is 0 Å². The van der Waals surface area contributed by atoms with E-state index in [1.165, 1.54) is 70.6 Å². The second-order valence-electron chi connectivity index (χ2n) is 8.66. The second-order valence-corrected chi connectivity index (χ2v) is 16.3. The Morgan fingerprint density at radius 2 is 0.680 bits per heavy atom. The summed E-state index contributed by atoms with van der Waals surface area (Å²) in [5.74, 6) is 0. The lowest BCUT2D eigenvalue weighted by atomic mass is 10.2. The molecule has 0 aliphatic heterocycles. The lowest BCUT2D eigenvalue weighted by Crippen LogP contribution is -2.24. The summed E-state index contributed by atoms with van der Waals surface area (Å²) in [7, 11) is -0.821. The van der Waals surface area contributed by atoms with E-state index in [4.69, 9.17) is 0 Å². The summed E-state index contributed by atoms with van der Waals surface area (Å²) in [6.45, 7) is 9.45. The van der Waals surface area contributed by atoms with Crippen molar-refractivity contribution in [2.24, 2.45) is 0 Å². The van der Waals surface area contributed by atoms with Crippen LogP contribution in [0.3, 0.4) is 0 Å². The van der Waals surface area contributed by atoms with Crippen LogP contribution in [0.25, 0.3) is 0 Å². The lowest BCUT2D eigenvalue weighted by Gasteiger charge is -2.22. The van der Waals surface area contributed by atoms with Crippen LogP contribution >= 0.6 is 0 Å². The van der Waals surface area contributed by atoms with Crippen molar-refractivity contribution in [3.05, 3.63) is 0 Å². The van der Waals surface area contributed by atoms with Gasteiger partial charge in [-0.25, -0.2) is 0 Å². The average molecular weight is 385 g/mol. The fourth-order valence-corrected chi connectivity index (χ4v) is 16.0. The Morgan fingerprint density at radius 3 is 1.16 bits per heavy atom. The Kier molecular flexibility index (Phi) is 21.1. The van der Waals surface area contributed by atoms with Gasteiger partial charge in [0.05, 0.1) is 0 Å². The summed E-state index contributed by atoms with van der Waals surface area (Å²) in [4.78, 5) is 0. The van der Waals surface area contributed by atoms with Crippen LogP contribution < -0.4 is 0 Å². The molecule has 0 heterocycles. The molecule has 2 unspecified atom stereocenters. The molecule has 0 saturated heterocycles. The SMILES string of the molecule is CCCCCCC[SiH](CCCCCC)C[SiH](CCCC)CCCCC. The molecule has 2 atom stereocenters. The number of unbranched alkanes of at least 4 members (excludes halogenated alkanes) is 10. The van der Waals surface area contributed by atoms with Crippen molar-refractivity contribution in [1.82, 2.24) is 0 Å². The smallest absolute Gasteiger partial charge is 0.0339 e. The van der Waals surface area contributed by atoms with E-state index in [2.05, 4.69) is 27.7 Å². The molecule has 0 aromatic rings. The largest absolute Gasteiger partial charge is 0.0664 e. The van der Waals surface area contributed by atoms with E-state index in [1.54, 1.807) is 43.4 Å². The van der Waals surface area contributed by atoms with Gasteiger partial charge < -0.3 is 0 Å². The standard InChI is InChI=1S/C23H52Si2/c1-5-9-13-15-18-22-25(21-17-14-10-6-2)23-24(19-12-8-4)20-16-11-7-3/h24-25H,5-23H2,1-4H3. The van der Waals surface area contributed by atoms with Gasteiger partial charge in [0, 0.05) is 17.6 Å². The van der Waals surface area contributed by atoms with Crippen molar-refractivity contribution >= 4 is 17.6 Å². The zero-order valence-corrected chi connectivity index (χ0v) is 20.9. The summed E-state index contributed by atoms with van der Waals surface area (Å²) in [6, 6.07) is 6.74. The van der Waals surface area contributed by atoms with Gasteiger partial charge in [0.1, 0.15) is 0 Å². The molecule has 2 heteroatoms. The fourth-order valence-electron chi connectivity index (χ4n) is 4.30. The molecule has 0 rings (SSSR count). The molecule has 0 aliphatic carbocycles. The highest BCUT2D eigenvalue weighted by molar-refractivity contribution is 6.77. The van der Waals surface area contributed by atoms with Crippen LogP contribution in [0.5, 0.6) is 0 Å². The predicted molar refractivity (Wildman–Crippen MR) is 126 cm³/mol. The van der Waals surface area contributed by atoms with E-state index in [1.807, 2.05) is 5.67 Å². The highest BCUT2D eigenvalue weighted by Crippen LogP contribution is 2.23. The number of hydrogen-bond acceptors (Lipinski definition) is 0. The quantitative estimate of drug-likeness (QED) is 0.146. The number of rotatable bonds is 20. The molecule has 0 aromatic carbocycles. The normalized spacial score (nSPS) is 13.9. The molecule has 0 fully saturated rings. The summed E-state index contributed by atoms with van der Waals surface area (Å²) >= 11 is 0. The summed E-state index contributed by atoms with van der Waals surface area (Å²) in [6.07, 6.45) is 20.9. The van der Waals surface area contributed by atoms with Crippen molar-refractivity contribution in [2.45, 2.75) is 147 Å². The first kappa shape index (κ1) is 25.4. The summed E-state index contributed by atoms with van der Waals surface area (Å²) in [5, 5.41) is 0. The molecule has 0 nitrogen and oxygen atoms in total. The minimum atomic E-state index is -0.418.